The number of carbonyl (C=O) groups is 1. The molecule has 12 heavy (non-hydrogen) atoms. The maximum Gasteiger partial charge on any atom is 0.256 e. The van der Waals surface area contributed by atoms with Gasteiger partial charge in [-0.25, -0.2) is 0 Å². The van der Waals surface area contributed by atoms with E-state index >= 15 is 0 Å². The summed E-state index contributed by atoms with van der Waals surface area (Å²) >= 11 is 1.71. The molecule has 0 aromatic carbocycles. The molecule has 1 N–H and O–H groups in total. The Morgan fingerprint density at radius 2 is 2.17 bits per heavy atom. The fourth-order valence-corrected chi connectivity index (χ4v) is 1.03. The lowest BCUT2D eigenvalue weighted by atomic mass is 10.4. The Morgan fingerprint density at radius 3 is 2.42 bits per heavy atom. The van der Waals surface area contributed by atoms with E-state index < -0.39 is 0 Å². The Bertz CT molecular complexity index is 226. The van der Waals surface area contributed by atoms with Crippen LogP contribution in [-0.4, -0.2) is 5.91 Å². The number of nitrogens with one attached hydrogen (secondary N) is 1. The van der Waals surface area contributed by atoms with Crippen molar-refractivity contribution in [1.29, 1.82) is 0 Å². The number of hydroxylamine groups is 1. The first kappa shape index (κ1) is 8.80. The summed E-state index contributed by atoms with van der Waals surface area (Å²) in [5.41, 5.74) is 2.16. The number of thiophene rings is 1. The Labute approximate surface area is 74.6 Å². The molecular weight excluding hydrogens is 174 g/mol. The van der Waals surface area contributed by atoms with Gasteiger partial charge in [0.1, 0.15) is 6.26 Å². The van der Waals surface area contributed by atoms with Gasteiger partial charge >= 0.3 is 0 Å². The van der Waals surface area contributed by atoms with Crippen molar-refractivity contribution < 1.29 is 9.63 Å². The molecule has 4 heteroatoms. The topological polar surface area (TPSA) is 38.3 Å². The number of hydrogen-bond acceptors (Lipinski definition) is 3. The van der Waals surface area contributed by atoms with Gasteiger partial charge in [-0.1, -0.05) is 12.1 Å². The van der Waals surface area contributed by atoms with Crippen LogP contribution in [0.4, 0.5) is 0 Å². The van der Waals surface area contributed by atoms with Crippen LogP contribution in [0.2, 0.25) is 0 Å². The summed E-state index contributed by atoms with van der Waals surface area (Å²) in [5.74, 6) is -0.0949. The van der Waals surface area contributed by atoms with Gasteiger partial charge in [-0.2, -0.15) is 16.8 Å². The van der Waals surface area contributed by atoms with Crippen molar-refractivity contribution in [2.24, 2.45) is 0 Å². The highest BCUT2D eigenvalue weighted by Crippen LogP contribution is 1.91. The standard InChI is InChI=1S/C4H5NO2.C4H4S/c6-4-2-1-3-7-5-4;1-2-4-5-3-1/h1,3H,2H2,(H,5,6);1-4H. The first-order chi connectivity index (χ1) is 5.89. The Kier molecular flexibility index (Phi) is 3.94. The van der Waals surface area contributed by atoms with E-state index in [4.69, 9.17) is 0 Å². The van der Waals surface area contributed by atoms with Crippen molar-refractivity contribution in [2.45, 2.75) is 6.42 Å². The average Bonchev–Trinajstić information content (AvgIpc) is 2.62. The van der Waals surface area contributed by atoms with Crippen molar-refractivity contribution in [3.63, 3.8) is 0 Å². The zero-order valence-electron chi connectivity index (χ0n) is 6.40. The number of amides is 1. The normalized spacial score (nSPS) is 13.8. The van der Waals surface area contributed by atoms with Crippen LogP contribution < -0.4 is 5.48 Å². The van der Waals surface area contributed by atoms with Gasteiger partial charge < -0.3 is 4.84 Å². The van der Waals surface area contributed by atoms with Crippen molar-refractivity contribution in [3.05, 3.63) is 35.2 Å². The summed E-state index contributed by atoms with van der Waals surface area (Å²) in [4.78, 5) is 14.6. The van der Waals surface area contributed by atoms with Crippen molar-refractivity contribution in [1.82, 2.24) is 5.48 Å². The first-order valence-electron chi connectivity index (χ1n) is 3.46. The SMILES string of the molecule is O=C1CC=CON1.c1ccsc1. The lowest BCUT2D eigenvalue weighted by molar-refractivity contribution is -0.130. The van der Waals surface area contributed by atoms with Gasteiger partial charge in [0.2, 0.25) is 0 Å². The van der Waals surface area contributed by atoms with Gasteiger partial charge in [0.15, 0.2) is 0 Å². The van der Waals surface area contributed by atoms with Gasteiger partial charge in [0.05, 0.1) is 6.42 Å². The summed E-state index contributed by atoms with van der Waals surface area (Å²) in [6.07, 6.45) is 3.53. The number of hydrogen-bond donors (Lipinski definition) is 1. The average molecular weight is 183 g/mol. The molecule has 0 saturated heterocycles. The predicted molar refractivity (Wildman–Crippen MR) is 47.3 cm³/mol. The maximum absolute atomic E-state index is 10.2. The molecule has 0 aliphatic carbocycles. The Balaban J connectivity index is 0.000000127. The van der Waals surface area contributed by atoms with Crippen molar-refractivity contribution in [2.75, 3.05) is 0 Å². The monoisotopic (exact) mass is 183 g/mol. The molecule has 3 nitrogen and oxygen atoms in total. The van der Waals surface area contributed by atoms with Crippen LogP contribution in [0.3, 0.4) is 0 Å². The van der Waals surface area contributed by atoms with Gasteiger partial charge in [-0.05, 0) is 16.8 Å². The third-order valence-electron chi connectivity index (χ3n) is 1.07. The van der Waals surface area contributed by atoms with Gasteiger partial charge in [-0.15, -0.1) is 0 Å². The third kappa shape index (κ3) is 3.78. The highest BCUT2D eigenvalue weighted by Gasteiger charge is 1.98. The number of carbonyl (C=O) groups excluding carboxylic acids is 1. The molecular formula is C8H9NO2S. The van der Waals surface area contributed by atoms with E-state index in [0.29, 0.717) is 6.42 Å². The summed E-state index contributed by atoms with van der Waals surface area (Å²) in [6.45, 7) is 0. The fourth-order valence-electron chi connectivity index (χ4n) is 0.571. The van der Waals surface area contributed by atoms with E-state index in [1.54, 1.807) is 17.4 Å². The zero-order chi connectivity index (χ0) is 8.65. The summed E-state index contributed by atoms with van der Waals surface area (Å²) in [6, 6.07) is 4.04. The fraction of sp³-hybridized carbons (Fsp3) is 0.125. The minimum Gasteiger partial charge on any atom is -0.388 e. The van der Waals surface area contributed by atoms with E-state index in [2.05, 4.69) is 10.3 Å². The molecule has 0 saturated carbocycles. The molecule has 1 aromatic rings. The first-order valence-corrected chi connectivity index (χ1v) is 4.40. The van der Waals surface area contributed by atoms with Crippen molar-refractivity contribution in [3.8, 4) is 0 Å². The summed E-state index contributed by atoms with van der Waals surface area (Å²) < 4.78 is 0. The van der Waals surface area contributed by atoms with Crippen LogP contribution in [0.5, 0.6) is 0 Å². The summed E-state index contributed by atoms with van der Waals surface area (Å²) in [5, 5.41) is 4.08. The van der Waals surface area contributed by atoms with Crippen LogP contribution in [0.25, 0.3) is 0 Å². The molecule has 0 radical (unpaired) electrons. The second-order valence-corrected chi connectivity index (χ2v) is 2.83. The summed E-state index contributed by atoms with van der Waals surface area (Å²) in [7, 11) is 0. The van der Waals surface area contributed by atoms with Crippen LogP contribution in [0, 0.1) is 0 Å². The quantitative estimate of drug-likeness (QED) is 0.664. The second kappa shape index (κ2) is 5.37. The van der Waals surface area contributed by atoms with E-state index in [1.807, 2.05) is 22.9 Å². The predicted octanol–water partition coefficient (Wildman–Crippen LogP) is 1.70. The molecule has 1 aliphatic heterocycles. The second-order valence-electron chi connectivity index (χ2n) is 2.01. The van der Waals surface area contributed by atoms with Crippen LogP contribution in [0.1, 0.15) is 6.42 Å². The van der Waals surface area contributed by atoms with Gasteiger partial charge in [0.25, 0.3) is 5.91 Å². The van der Waals surface area contributed by atoms with Gasteiger partial charge in [-0.3, -0.25) is 4.79 Å². The van der Waals surface area contributed by atoms with Crippen LogP contribution >= 0.6 is 11.3 Å². The van der Waals surface area contributed by atoms with E-state index in [9.17, 15) is 4.79 Å². The largest absolute Gasteiger partial charge is 0.388 e. The Morgan fingerprint density at radius 1 is 1.42 bits per heavy atom. The highest BCUT2D eigenvalue weighted by molar-refractivity contribution is 7.07. The number of rotatable bonds is 0. The Hall–Kier alpha value is -1.29. The van der Waals surface area contributed by atoms with E-state index in [0.717, 1.165) is 0 Å². The van der Waals surface area contributed by atoms with Crippen LogP contribution in [-0.2, 0) is 9.63 Å². The molecule has 1 amide bonds. The van der Waals surface area contributed by atoms with E-state index in [-0.39, 0.29) is 5.91 Å². The molecule has 0 bridgehead atoms. The molecule has 0 unspecified atom stereocenters. The molecule has 0 atom stereocenters. The molecule has 0 fully saturated rings. The minimum atomic E-state index is -0.0949. The maximum atomic E-state index is 10.2. The van der Waals surface area contributed by atoms with E-state index in [1.165, 1.54) is 6.26 Å². The molecule has 2 rings (SSSR count). The lowest BCUT2D eigenvalue weighted by Crippen LogP contribution is -2.22. The molecule has 1 aliphatic rings. The smallest absolute Gasteiger partial charge is 0.256 e. The molecule has 1 aromatic heterocycles. The minimum absolute atomic E-state index is 0.0949. The molecule has 64 valence electrons. The van der Waals surface area contributed by atoms with Crippen molar-refractivity contribution >= 4 is 17.2 Å². The highest BCUT2D eigenvalue weighted by atomic mass is 32.1. The molecule has 0 spiro atoms. The zero-order valence-corrected chi connectivity index (χ0v) is 7.21. The molecule has 2 heterocycles. The lowest BCUT2D eigenvalue weighted by Gasteiger charge is -2.03. The van der Waals surface area contributed by atoms with Crippen LogP contribution in [0.15, 0.2) is 35.2 Å². The van der Waals surface area contributed by atoms with Gasteiger partial charge in [0, 0.05) is 0 Å². The third-order valence-corrected chi connectivity index (χ3v) is 1.69.